The Labute approximate surface area is 129 Å². The van der Waals surface area contributed by atoms with Gasteiger partial charge in [0.15, 0.2) is 5.13 Å². The molecule has 1 aromatic carbocycles. The summed E-state index contributed by atoms with van der Waals surface area (Å²) < 4.78 is 1.20. The molecule has 5 heteroatoms. The Balaban J connectivity index is 1.72. The molecule has 0 saturated heterocycles. The molecule has 2 atom stereocenters. The maximum absolute atomic E-state index is 11.8. The molecule has 1 fully saturated rings. The van der Waals surface area contributed by atoms with Crippen LogP contribution in [0.15, 0.2) is 29.6 Å². The van der Waals surface area contributed by atoms with Crippen LogP contribution in [0.3, 0.4) is 0 Å². The van der Waals surface area contributed by atoms with Gasteiger partial charge in [0.05, 0.1) is 5.69 Å². The average molecular weight is 384 g/mol. The van der Waals surface area contributed by atoms with Gasteiger partial charge in [0, 0.05) is 20.4 Å². The topological polar surface area (TPSA) is 42.0 Å². The van der Waals surface area contributed by atoms with Gasteiger partial charge in [-0.3, -0.25) is 4.79 Å². The van der Waals surface area contributed by atoms with E-state index in [0.29, 0.717) is 11.0 Å². The highest BCUT2D eigenvalue weighted by Crippen LogP contribution is 2.38. The molecule has 1 N–H and O–H groups in total. The van der Waals surface area contributed by atoms with E-state index in [1.165, 1.54) is 14.9 Å². The smallest absolute Gasteiger partial charge is 0.229 e. The van der Waals surface area contributed by atoms with Crippen molar-refractivity contribution in [2.45, 2.75) is 13.3 Å². The highest BCUT2D eigenvalue weighted by atomic mass is 127. The lowest BCUT2D eigenvalue weighted by atomic mass is 10.2. The largest absolute Gasteiger partial charge is 0.302 e. The Bertz CT molecular complexity index is 608. The molecule has 1 amide bonds. The zero-order chi connectivity index (χ0) is 13.4. The number of carbonyl (C=O) groups excluding carboxylic acids is 1. The average Bonchev–Trinajstić information content (AvgIpc) is 2.95. The van der Waals surface area contributed by atoms with Crippen molar-refractivity contribution in [1.82, 2.24) is 4.98 Å². The van der Waals surface area contributed by atoms with Crippen molar-refractivity contribution in [2.75, 3.05) is 5.32 Å². The standard InChI is InChI=1S/C14H13IN2OS/c1-8-6-11(8)13(18)17-14-16-12(7-19-14)9-2-4-10(15)5-3-9/h2-5,7-8,11H,6H2,1H3,(H,16,17,18). The minimum atomic E-state index is 0.107. The normalized spacial score (nSPS) is 21.2. The zero-order valence-electron chi connectivity index (χ0n) is 10.4. The first-order chi connectivity index (χ1) is 9.13. The Morgan fingerprint density at radius 3 is 2.74 bits per heavy atom. The quantitative estimate of drug-likeness (QED) is 0.813. The second-order valence-corrected chi connectivity index (χ2v) is 6.96. The van der Waals surface area contributed by atoms with Crippen LogP contribution in [0.1, 0.15) is 13.3 Å². The summed E-state index contributed by atoms with van der Waals surface area (Å²) in [7, 11) is 0. The Kier molecular flexibility index (Phi) is 3.58. The van der Waals surface area contributed by atoms with E-state index >= 15 is 0 Å². The number of halogens is 1. The number of nitrogens with one attached hydrogen (secondary N) is 1. The van der Waals surface area contributed by atoms with Gasteiger partial charge in [-0.25, -0.2) is 4.98 Å². The number of thiazole rings is 1. The number of aromatic nitrogens is 1. The molecule has 19 heavy (non-hydrogen) atoms. The molecule has 98 valence electrons. The van der Waals surface area contributed by atoms with E-state index in [1.54, 1.807) is 0 Å². The number of nitrogens with zero attached hydrogens (tertiary/aromatic N) is 1. The summed E-state index contributed by atoms with van der Waals surface area (Å²) in [4.78, 5) is 16.3. The number of benzene rings is 1. The molecule has 1 heterocycles. The SMILES string of the molecule is CC1CC1C(=O)Nc1nc(-c2ccc(I)cc2)cs1. The monoisotopic (exact) mass is 384 g/mol. The summed E-state index contributed by atoms with van der Waals surface area (Å²) in [6, 6.07) is 8.20. The fourth-order valence-corrected chi connectivity index (χ4v) is 3.05. The molecule has 0 bridgehead atoms. The lowest BCUT2D eigenvalue weighted by Gasteiger charge is -1.99. The Morgan fingerprint density at radius 1 is 1.42 bits per heavy atom. The molecular weight excluding hydrogens is 371 g/mol. The van der Waals surface area contributed by atoms with E-state index in [4.69, 9.17) is 0 Å². The van der Waals surface area contributed by atoms with E-state index in [1.807, 2.05) is 17.5 Å². The van der Waals surface area contributed by atoms with Crippen LogP contribution in [0.5, 0.6) is 0 Å². The third-order valence-corrected chi connectivity index (χ3v) is 4.80. The van der Waals surface area contributed by atoms with Gasteiger partial charge in [0.2, 0.25) is 5.91 Å². The predicted molar refractivity (Wildman–Crippen MR) is 86.2 cm³/mol. The number of carbonyl (C=O) groups is 1. The van der Waals surface area contributed by atoms with Crippen LogP contribution < -0.4 is 5.32 Å². The maximum Gasteiger partial charge on any atom is 0.229 e. The first-order valence-electron chi connectivity index (χ1n) is 6.16. The molecule has 0 aliphatic heterocycles. The van der Waals surface area contributed by atoms with E-state index in [0.717, 1.165) is 17.7 Å². The summed E-state index contributed by atoms with van der Waals surface area (Å²) in [5.74, 6) is 0.817. The van der Waals surface area contributed by atoms with Crippen LogP contribution >= 0.6 is 33.9 Å². The van der Waals surface area contributed by atoms with Crippen LogP contribution in [0.4, 0.5) is 5.13 Å². The van der Waals surface area contributed by atoms with Crippen molar-refractivity contribution >= 4 is 45.0 Å². The van der Waals surface area contributed by atoms with Crippen LogP contribution in [0, 0.1) is 15.4 Å². The summed E-state index contributed by atoms with van der Waals surface area (Å²) in [5.41, 5.74) is 2.00. The van der Waals surface area contributed by atoms with E-state index in [-0.39, 0.29) is 11.8 Å². The number of anilines is 1. The van der Waals surface area contributed by atoms with Gasteiger partial charge in [-0.15, -0.1) is 11.3 Å². The zero-order valence-corrected chi connectivity index (χ0v) is 13.4. The molecule has 1 aromatic heterocycles. The predicted octanol–water partition coefficient (Wildman–Crippen LogP) is 4.01. The second-order valence-electron chi connectivity index (χ2n) is 4.85. The van der Waals surface area contributed by atoms with Gasteiger partial charge in [-0.1, -0.05) is 19.1 Å². The highest BCUT2D eigenvalue weighted by Gasteiger charge is 2.39. The van der Waals surface area contributed by atoms with E-state index < -0.39 is 0 Å². The summed E-state index contributed by atoms with van der Waals surface area (Å²) in [6.45, 7) is 2.10. The first kappa shape index (κ1) is 13.1. The third kappa shape index (κ3) is 2.97. The van der Waals surface area contributed by atoms with Gasteiger partial charge in [0.1, 0.15) is 0 Å². The minimum Gasteiger partial charge on any atom is -0.302 e. The van der Waals surface area contributed by atoms with Crippen molar-refractivity contribution < 1.29 is 4.79 Å². The fourth-order valence-electron chi connectivity index (χ4n) is 1.97. The lowest BCUT2D eigenvalue weighted by molar-refractivity contribution is -0.117. The van der Waals surface area contributed by atoms with Crippen molar-refractivity contribution in [3.63, 3.8) is 0 Å². The molecule has 2 unspecified atom stereocenters. The first-order valence-corrected chi connectivity index (χ1v) is 8.11. The summed E-state index contributed by atoms with van der Waals surface area (Å²) in [6.07, 6.45) is 1.00. The molecule has 1 saturated carbocycles. The molecular formula is C14H13IN2OS. The number of hydrogen-bond donors (Lipinski definition) is 1. The summed E-state index contributed by atoms with van der Waals surface area (Å²) >= 11 is 3.76. The van der Waals surface area contributed by atoms with Crippen LogP contribution in [-0.2, 0) is 4.79 Å². The summed E-state index contributed by atoms with van der Waals surface area (Å²) in [5, 5.41) is 5.58. The van der Waals surface area contributed by atoms with E-state index in [2.05, 4.69) is 51.9 Å². The Morgan fingerprint density at radius 2 is 2.11 bits per heavy atom. The van der Waals surface area contributed by atoms with Crippen molar-refractivity contribution in [3.05, 3.63) is 33.2 Å². The van der Waals surface area contributed by atoms with Crippen molar-refractivity contribution in [2.24, 2.45) is 11.8 Å². The molecule has 1 aliphatic carbocycles. The minimum absolute atomic E-state index is 0.107. The molecule has 0 spiro atoms. The maximum atomic E-state index is 11.8. The van der Waals surface area contributed by atoms with Gasteiger partial charge in [0.25, 0.3) is 0 Å². The van der Waals surface area contributed by atoms with Crippen LogP contribution in [0.2, 0.25) is 0 Å². The fraction of sp³-hybridized carbons (Fsp3) is 0.286. The van der Waals surface area contributed by atoms with Gasteiger partial charge in [-0.2, -0.15) is 0 Å². The Hall–Kier alpha value is -0.950. The van der Waals surface area contributed by atoms with Crippen LogP contribution in [0.25, 0.3) is 11.3 Å². The van der Waals surface area contributed by atoms with Crippen molar-refractivity contribution in [1.29, 1.82) is 0 Å². The molecule has 3 rings (SSSR count). The third-order valence-electron chi connectivity index (χ3n) is 3.32. The van der Waals surface area contributed by atoms with Gasteiger partial charge >= 0.3 is 0 Å². The molecule has 2 aromatic rings. The second kappa shape index (κ2) is 5.20. The number of amides is 1. The molecule has 1 aliphatic rings. The molecule has 3 nitrogen and oxygen atoms in total. The lowest BCUT2D eigenvalue weighted by Crippen LogP contribution is -2.14. The van der Waals surface area contributed by atoms with Crippen molar-refractivity contribution in [3.8, 4) is 11.3 Å². The number of rotatable bonds is 3. The van der Waals surface area contributed by atoms with Crippen LogP contribution in [-0.4, -0.2) is 10.9 Å². The highest BCUT2D eigenvalue weighted by molar-refractivity contribution is 14.1. The molecule has 0 radical (unpaired) electrons. The van der Waals surface area contributed by atoms with Gasteiger partial charge < -0.3 is 5.32 Å². The number of hydrogen-bond acceptors (Lipinski definition) is 3. The van der Waals surface area contributed by atoms with E-state index in [9.17, 15) is 4.79 Å². The van der Waals surface area contributed by atoms with Gasteiger partial charge in [-0.05, 0) is 47.1 Å².